The lowest BCUT2D eigenvalue weighted by Crippen LogP contribution is -2.20. The Labute approximate surface area is 79.0 Å². The van der Waals surface area contributed by atoms with Gasteiger partial charge in [-0.25, -0.2) is 0 Å². The number of nitrogens with zero attached hydrogens (tertiary/aromatic N) is 3. The van der Waals surface area contributed by atoms with Gasteiger partial charge in [0.25, 0.3) is 0 Å². The molecule has 0 aliphatic heterocycles. The Morgan fingerprint density at radius 3 is 3.07 bits per heavy atom. The van der Waals surface area contributed by atoms with Gasteiger partial charge in [0.2, 0.25) is 0 Å². The van der Waals surface area contributed by atoms with Gasteiger partial charge < -0.3 is 10.8 Å². The molecule has 6 nitrogen and oxygen atoms in total. The second-order valence-electron chi connectivity index (χ2n) is 2.81. The standard InChI is InChI=1S/C8H8N4O2/c9-7(8(13)14)5-4-11-12-6(5)2-1-3-10-12/h1-4,7H,9H2,(H,13,14). The molecule has 0 amide bonds. The molecule has 2 rings (SSSR count). The molecule has 0 spiro atoms. The highest BCUT2D eigenvalue weighted by Gasteiger charge is 2.18. The second kappa shape index (κ2) is 3.08. The summed E-state index contributed by atoms with van der Waals surface area (Å²) in [5, 5.41) is 16.5. The average Bonchev–Trinajstić information content (AvgIpc) is 2.60. The van der Waals surface area contributed by atoms with E-state index in [4.69, 9.17) is 10.8 Å². The zero-order valence-corrected chi connectivity index (χ0v) is 7.16. The summed E-state index contributed by atoms with van der Waals surface area (Å²) in [7, 11) is 0. The highest BCUT2D eigenvalue weighted by atomic mass is 16.4. The molecule has 0 fully saturated rings. The molecule has 2 heterocycles. The van der Waals surface area contributed by atoms with Crippen LogP contribution in [0, 0.1) is 0 Å². The van der Waals surface area contributed by atoms with E-state index in [1.165, 1.54) is 10.8 Å². The summed E-state index contributed by atoms with van der Waals surface area (Å²) in [5.41, 5.74) is 6.54. The summed E-state index contributed by atoms with van der Waals surface area (Å²) < 4.78 is 1.35. The Morgan fingerprint density at radius 2 is 2.36 bits per heavy atom. The quantitative estimate of drug-likeness (QED) is 0.688. The number of hydrogen-bond donors (Lipinski definition) is 2. The van der Waals surface area contributed by atoms with Crippen molar-refractivity contribution in [2.45, 2.75) is 6.04 Å². The number of aliphatic carboxylic acids is 1. The molecule has 2 aromatic rings. The molecular formula is C8H8N4O2. The lowest BCUT2D eigenvalue weighted by atomic mass is 10.1. The lowest BCUT2D eigenvalue weighted by molar-refractivity contribution is -0.138. The minimum atomic E-state index is -1.08. The fourth-order valence-electron chi connectivity index (χ4n) is 1.22. The molecular weight excluding hydrogens is 184 g/mol. The normalized spacial score (nSPS) is 12.9. The molecule has 0 radical (unpaired) electrons. The first-order valence-electron chi connectivity index (χ1n) is 3.97. The number of carboxylic acid groups (broad SMARTS) is 1. The number of carboxylic acids is 1. The summed E-state index contributed by atoms with van der Waals surface area (Å²) in [6.07, 6.45) is 2.98. The number of carbonyl (C=O) groups is 1. The van der Waals surface area contributed by atoms with Crippen LogP contribution in [-0.4, -0.2) is 25.9 Å². The van der Waals surface area contributed by atoms with Crippen molar-refractivity contribution in [1.29, 1.82) is 0 Å². The molecule has 0 aliphatic carbocycles. The largest absolute Gasteiger partial charge is 0.480 e. The average molecular weight is 192 g/mol. The van der Waals surface area contributed by atoms with Crippen molar-refractivity contribution in [1.82, 2.24) is 14.8 Å². The molecule has 0 aliphatic rings. The van der Waals surface area contributed by atoms with E-state index in [0.29, 0.717) is 11.1 Å². The zero-order valence-electron chi connectivity index (χ0n) is 7.16. The van der Waals surface area contributed by atoms with Crippen LogP contribution in [0.5, 0.6) is 0 Å². The Kier molecular flexibility index (Phi) is 1.90. The highest BCUT2D eigenvalue weighted by Crippen LogP contribution is 2.15. The van der Waals surface area contributed by atoms with E-state index in [1.807, 2.05) is 0 Å². The van der Waals surface area contributed by atoms with Gasteiger partial charge in [-0.2, -0.15) is 14.8 Å². The molecule has 0 saturated heterocycles. The molecule has 1 unspecified atom stereocenters. The number of rotatable bonds is 2. The van der Waals surface area contributed by atoms with Gasteiger partial charge in [0.15, 0.2) is 0 Å². The van der Waals surface area contributed by atoms with Crippen molar-refractivity contribution in [3.63, 3.8) is 0 Å². The van der Waals surface area contributed by atoms with E-state index in [1.54, 1.807) is 18.3 Å². The minimum absolute atomic E-state index is 0.464. The summed E-state index contributed by atoms with van der Waals surface area (Å²) in [6, 6.07) is 2.37. The van der Waals surface area contributed by atoms with Crippen LogP contribution in [-0.2, 0) is 4.79 Å². The summed E-state index contributed by atoms with van der Waals surface area (Å²) in [5.74, 6) is -1.08. The Bertz CT molecular complexity index is 479. The van der Waals surface area contributed by atoms with Crippen LogP contribution in [0.3, 0.4) is 0 Å². The minimum Gasteiger partial charge on any atom is -0.480 e. The maximum absolute atomic E-state index is 10.7. The van der Waals surface area contributed by atoms with Gasteiger partial charge in [0.1, 0.15) is 6.04 Å². The molecule has 0 aromatic carbocycles. The maximum atomic E-state index is 10.7. The molecule has 1 atom stereocenters. The van der Waals surface area contributed by atoms with Crippen LogP contribution in [0.15, 0.2) is 24.5 Å². The van der Waals surface area contributed by atoms with Gasteiger partial charge in [-0.05, 0) is 12.1 Å². The van der Waals surface area contributed by atoms with Crippen molar-refractivity contribution < 1.29 is 9.90 Å². The fourth-order valence-corrected chi connectivity index (χ4v) is 1.22. The Balaban J connectivity index is 2.58. The highest BCUT2D eigenvalue weighted by molar-refractivity contribution is 5.78. The third-order valence-corrected chi connectivity index (χ3v) is 1.93. The van der Waals surface area contributed by atoms with Crippen molar-refractivity contribution in [3.05, 3.63) is 30.1 Å². The first-order chi connectivity index (χ1) is 6.70. The van der Waals surface area contributed by atoms with Gasteiger partial charge in [0.05, 0.1) is 11.7 Å². The van der Waals surface area contributed by atoms with Crippen LogP contribution in [0.25, 0.3) is 5.52 Å². The van der Waals surface area contributed by atoms with E-state index in [9.17, 15) is 4.79 Å². The van der Waals surface area contributed by atoms with Crippen LogP contribution in [0.4, 0.5) is 0 Å². The Hall–Kier alpha value is -1.95. The first-order valence-corrected chi connectivity index (χ1v) is 3.97. The van der Waals surface area contributed by atoms with Crippen LogP contribution in [0.1, 0.15) is 11.6 Å². The van der Waals surface area contributed by atoms with Gasteiger partial charge >= 0.3 is 5.97 Å². The van der Waals surface area contributed by atoms with Gasteiger partial charge in [-0.3, -0.25) is 4.79 Å². The monoisotopic (exact) mass is 192 g/mol. The number of aromatic nitrogens is 3. The molecule has 3 N–H and O–H groups in total. The van der Waals surface area contributed by atoms with E-state index in [2.05, 4.69) is 10.2 Å². The third kappa shape index (κ3) is 1.21. The smallest absolute Gasteiger partial charge is 0.325 e. The van der Waals surface area contributed by atoms with Crippen molar-refractivity contribution in [2.24, 2.45) is 5.73 Å². The Morgan fingerprint density at radius 1 is 1.57 bits per heavy atom. The predicted octanol–water partition coefficient (Wildman–Crippen LogP) is -0.186. The molecule has 0 bridgehead atoms. The molecule has 0 saturated carbocycles. The lowest BCUT2D eigenvalue weighted by Gasteiger charge is -2.02. The number of fused-ring (bicyclic) bond motifs is 1. The van der Waals surface area contributed by atoms with Gasteiger partial charge in [-0.1, -0.05) is 0 Å². The molecule has 14 heavy (non-hydrogen) atoms. The fraction of sp³-hybridized carbons (Fsp3) is 0.125. The topological polar surface area (TPSA) is 93.5 Å². The molecule has 6 heteroatoms. The van der Waals surface area contributed by atoms with E-state index < -0.39 is 12.0 Å². The third-order valence-electron chi connectivity index (χ3n) is 1.93. The van der Waals surface area contributed by atoms with Gasteiger partial charge in [-0.15, -0.1) is 0 Å². The van der Waals surface area contributed by atoms with Gasteiger partial charge in [0, 0.05) is 11.8 Å². The summed E-state index contributed by atoms with van der Waals surface area (Å²) in [4.78, 5) is 10.7. The van der Waals surface area contributed by atoms with E-state index >= 15 is 0 Å². The number of hydrogen-bond acceptors (Lipinski definition) is 4. The molecule has 72 valence electrons. The summed E-state index contributed by atoms with van der Waals surface area (Å²) >= 11 is 0. The van der Waals surface area contributed by atoms with E-state index in [-0.39, 0.29) is 0 Å². The van der Waals surface area contributed by atoms with Crippen molar-refractivity contribution in [3.8, 4) is 0 Å². The maximum Gasteiger partial charge on any atom is 0.325 e. The van der Waals surface area contributed by atoms with Crippen LogP contribution >= 0.6 is 0 Å². The SMILES string of the molecule is NC(C(=O)O)c1cnn2ncccc12. The second-order valence-corrected chi connectivity index (χ2v) is 2.81. The van der Waals surface area contributed by atoms with Crippen molar-refractivity contribution >= 4 is 11.5 Å². The summed E-state index contributed by atoms with van der Waals surface area (Å²) in [6.45, 7) is 0. The molecule has 2 aromatic heterocycles. The first kappa shape index (κ1) is 8.64. The number of nitrogens with two attached hydrogens (primary N) is 1. The predicted molar refractivity (Wildman–Crippen MR) is 47.6 cm³/mol. The van der Waals surface area contributed by atoms with E-state index in [0.717, 1.165) is 0 Å². The van der Waals surface area contributed by atoms with Crippen molar-refractivity contribution in [2.75, 3.05) is 0 Å². The zero-order chi connectivity index (χ0) is 10.1. The van der Waals surface area contributed by atoms with Crippen LogP contribution < -0.4 is 5.73 Å². The van der Waals surface area contributed by atoms with Crippen LogP contribution in [0.2, 0.25) is 0 Å².